The first-order valence-electron chi connectivity index (χ1n) is 4.77. The molecular weight excluding hydrogens is 194 g/mol. The molecule has 0 bridgehead atoms. The second-order valence-corrected chi connectivity index (χ2v) is 3.91. The number of nitrogens with one attached hydrogen (secondary N) is 1. The molecule has 0 aliphatic carbocycles. The number of benzene rings is 1. The molecule has 0 aliphatic heterocycles. The van der Waals surface area contributed by atoms with Gasteiger partial charge in [-0.05, 0) is 25.5 Å². The highest BCUT2D eigenvalue weighted by Gasteiger charge is 1.96. The lowest BCUT2D eigenvalue weighted by molar-refractivity contribution is 0.757. The van der Waals surface area contributed by atoms with Gasteiger partial charge >= 0.3 is 0 Å². The van der Waals surface area contributed by atoms with Crippen molar-refractivity contribution in [3.63, 3.8) is 0 Å². The topological polar surface area (TPSA) is 12.0 Å². The van der Waals surface area contributed by atoms with Crippen LogP contribution < -0.4 is 5.32 Å². The fraction of sp³-hybridized carbons (Fsp3) is 0.333. The number of allylic oxidation sites excluding steroid dienone is 1. The summed E-state index contributed by atoms with van der Waals surface area (Å²) in [6.07, 6.45) is 2.16. The summed E-state index contributed by atoms with van der Waals surface area (Å²) < 4.78 is 0. The van der Waals surface area contributed by atoms with E-state index in [0.29, 0.717) is 0 Å². The smallest absolute Gasteiger partial charge is 0.0450 e. The van der Waals surface area contributed by atoms with E-state index in [9.17, 15) is 0 Å². The van der Waals surface area contributed by atoms with E-state index in [4.69, 9.17) is 11.6 Å². The first-order chi connectivity index (χ1) is 6.70. The number of hydrogen-bond acceptors (Lipinski definition) is 1. The van der Waals surface area contributed by atoms with E-state index in [1.54, 1.807) is 0 Å². The highest BCUT2D eigenvalue weighted by Crippen LogP contribution is 2.13. The Morgan fingerprint density at radius 1 is 1.36 bits per heavy atom. The van der Waals surface area contributed by atoms with Gasteiger partial charge in [0.25, 0.3) is 0 Å². The van der Waals surface area contributed by atoms with Crippen molar-refractivity contribution in [3.8, 4) is 0 Å². The molecule has 0 radical (unpaired) electrons. The van der Waals surface area contributed by atoms with Crippen molar-refractivity contribution in [2.24, 2.45) is 0 Å². The summed E-state index contributed by atoms with van der Waals surface area (Å²) in [5.74, 6) is 0. The Labute approximate surface area is 90.8 Å². The van der Waals surface area contributed by atoms with Crippen LogP contribution in [0.25, 0.3) is 0 Å². The van der Waals surface area contributed by atoms with Crippen molar-refractivity contribution in [3.05, 3.63) is 46.5 Å². The minimum atomic E-state index is 0.823. The first-order valence-corrected chi connectivity index (χ1v) is 5.15. The average Bonchev–Trinajstić information content (AvgIpc) is 2.15. The summed E-state index contributed by atoms with van der Waals surface area (Å²) >= 11 is 6.01. The van der Waals surface area contributed by atoms with Crippen LogP contribution in [-0.2, 0) is 6.54 Å². The Kier molecular flexibility index (Phi) is 4.71. The average molecular weight is 210 g/mol. The lowest BCUT2D eigenvalue weighted by atomic mass is 10.2. The summed E-state index contributed by atoms with van der Waals surface area (Å²) in [7, 11) is 0. The van der Waals surface area contributed by atoms with E-state index in [1.165, 1.54) is 5.57 Å². The van der Waals surface area contributed by atoms with E-state index in [1.807, 2.05) is 24.3 Å². The zero-order valence-corrected chi connectivity index (χ0v) is 9.43. The van der Waals surface area contributed by atoms with Crippen LogP contribution in [0.3, 0.4) is 0 Å². The van der Waals surface area contributed by atoms with E-state index in [-0.39, 0.29) is 0 Å². The van der Waals surface area contributed by atoms with Crippen LogP contribution in [0.4, 0.5) is 0 Å². The maximum Gasteiger partial charge on any atom is 0.0450 e. The quantitative estimate of drug-likeness (QED) is 0.592. The fourth-order valence-electron chi connectivity index (χ4n) is 1.12. The molecule has 0 fully saturated rings. The molecule has 1 nitrogen and oxygen atoms in total. The van der Waals surface area contributed by atoms with Gasteiger partial charge in [-0.25, -0.2) is 0 Å². The van der Waals surface area contributed by atoms with E-state index >= 15 is 0 Å². The fourth-order valence-corrected chi connectivity index (χ4v) is 1.33. The van der Waals surface area contributed by atoms with E-state index in [0.717, 1.165) is 23.7 Å². The number of rotatable bonds is 4. The molecule has 0 aliphatic rings. The van der Waals surface area contributed by atoms with Crippen molar-refractivity contribution < 1.29 is 0 Å². The van der Waals surface area contributed by atoms with Crippen LogP contribution in [0.1, 0.15) is 19.4 Å². The minimum Gasteiger partial charge on any atom is -0.309 e. The van der Waals surface area contributed by atoms with Crippen LogP contribution >= 0.6 is 11.6 Å². The van der Waals surface area contributed by atoms with Gasteiger partial charge in [0.05, 0.1) is 0 Å². The predicted octanol–water partition coefficient (Wildman–Crippen LogP) is 3.40. The van der Waals surface area contributed by atoms with Crippen molar-refractivity contribution in [2.45, 2.75) is 20.4 Å². The van der Waals surface area contributed by atoms with E-state index in [2.05, 4.69) is 25.2 Å². The molecular formula is C12H16ClN. The van der Waals surface area contributed by atoms with Crippen LogP contribution in [0, 0.1) is 0 Å². The maximum absolute atomic E-state index is 6.01. The highest BCUT2D eigenvalue weighted by molar-refractivity contribution is 6.31. The van der Waals surface area contributed by atoms with Crippen LogP contribution in [0.15, 0.2) is 35.9 Å². The summed E-state index contributed by atoms with van der Waals surface area (Å²) in [5, 5.41) is 4.14. The van der Waals surface area contributed by atoms with Gasteiger partial charge in [0, 0.05) is 18.1 Å². The summed E-state index contributed by atoms with van der Waals surface area (Å²) in [6, 6.07) is 7.91. The molecule has 1 rings (SSSR count). The Balaban J connectivity index is 2.39. The molecule has 2 heteroatoms. The first kappa shape index (κ1) is 11.3. The monoisotopic (exact) mass is 209 g/mol. The summed E-state index contributed by atoms with van der Waals surface area (Å²) in [5.41, 5.74) is 2.48. The molecule has 0 amide bonds. The second-order valence-electron chi connectivity index (χ2n) is 3.50. The molecule has 1 aromatic rings. The number of halogens is 1. The zero-order chi connectivity index (χ0) is 10.4. The molecule has 0 unspecified atom stereocenters. The Morgan fingerprint density at radius 2 is 2.07 bits per heavy atom. The standard InChI is InChI=1S/C12H16ClN/c1-10(2)7-8-14-9-11-5-3-4-6-12(11)13/h3-7,14H,8-9H2,1-2H3. The van der Waals surface area contributed by atoms with Crippen molar-refractivity contribution >= 4 is 11.6 Å². The van der Waals surface area contributed by atoms with Gasteiger partial charge in [-0.15, -0.1) is 0 Å². The second kappa shape index (κ2) is 5.84. The van der Waals surface area contributed by atoms with Crippen LogP contribution in [0.5, 0.6) is 0 Å². The third-order valence-corrected chi connectivity index (χ3v) is 2.30. The molecule has 0 saturated carbocycles. The minimum absolute atomic E-state index is 0.823. The Morgan fingerprint density at radius 3 is 2.71 bits per heavy atom. The van der Waals surface area contributed by atoms with Crippen molar-refractivity contribution in [2.75, 3.05) is 6.54 Å². The molecule has 0 saturated heterocycles. The molecule has 0 spiro atoms. The SMILES string of the molecule is CC(C)=CCNCc1ccccc1Cl. The van der Waals surface area contributed by atoms with Gasteiger partial charge < -0.3 is 5.32 Å². The van der Waals surface area contributed by atoms with E-state index < -0.39 is 0 Å². The lowest BCUT2D eigenvalue weighted by Crippen LogP contribution is -2.13. The number of hydrogen-bond donors (Lipinski definition) is 1. The largest absolute Gasteiger partial charge is 0.309 e. The lowest BCUT2D eigenvalue weighted by Gasteiger charge is -2.04. The van der Waals surface area contributed by atoms with Crippen molar-refractivity contribution in [1.29, 1.82) is 0 Å². The van der Waals surface area contributed by atoms with Gasteiger partial charge in [0.1, 0.15) is 0 Å². The van der Waals surface area contributed by atoms with Gasteiger partial charge in [0.2, 0.25) is 0 Å². The Hall–Kier alpha value is -0.790. The molecule has 14 heavy (non-hydrogen) atoms. The summed E-state index contributed by atoms with van der Waals surface area (Å²) in [4.78, 5) is 0. The third kappa shape index (κ3) is 3.95. The predicted molar refractivity (Wildman–Crippen MR) is 62.6 cm³/mol. The molecule has 76 valence electrons. The molecule has 0 atom stereocenters. The maximum atomic E-state index is 6.01. The zero-order valence-electron chi connectivity index (χ0n) is 8.68. The molecule has 1 aromatic carbocycles. The highest BCUT2D eigenvalue weighted by atomic mass is 35.5. The molecule has 1 N–H and O–H groups in total. The normalized spacial score (nSPS) is 9.93. The molecule has 0 aromatic heterocycles. The molecule has 0 heterocycles. The summed E-state index contributed by atoms with van der Waals surface area (Å²) in [6.45, 7) is 5.91. The van der Waals surface area contributed by atoms with Crippen LogP contribution in [-0.4, -0.2) is 6.54 Å². The van der Waals surface area contributed by atoms with Gasteiger partial charge in [-0.3, -0.25) is 0 Å². The van der Waals surface area contributed by atoms with Gasteiger partial charge in [-0.1, -0.05) is 41.4 Å². The van der Waals surface area contributed by atoms with Gasteiger partial charge in [-0.2, -0.15) is 0 Å². The Bertz CT molecular complexity index is 314. The third-order valence-electron chi connectivity index (χ3n) is 1.93. The van der Waals surface area contributed by atoms with Crippen molar-refractivity contribution in [1.82, 2.24) is 5.32 Å². The van der Waals surface area contributed by atoms with Gasteiger partial charge in [0.15, 0.2) is 0 Å². The van der Waals surface area contributed by atoms with Crippen LogP contribution in [0.2, 0.25) is 5.02 Å².